The van der Waals surface area contributed by atoms with Crippen LogP contribution in [0.2, 0.25) is 0 Å². The minimum atomic E-state index is -3.83. The molecule has 1 heterocycles. The van der Waals surface area contributed by atoms with Crippen LogP contribution in [0, 0.1) is 6.92 Å². The van der Waals surface area contributed by atoms with Gasteiger partial charge in [0.05, 0.1) is 6.04 Å². The standard InChI is InChI=1S/C14H18N4O4S2/c1-9-6-4-5-7-12(9)22-8-10(2)18-24(20,21)14-17-16-13(23-14)15-11(3)19/h4-7,10,18H,8H2,1-3H3,(H,15,16,19). The van der Waals surface area contributed by atoms with Crippen LogP contribution in [-0.2, 0) is 14.8 Å². The molecule has 1 aromatic heterocycles. The van der Waals surface area contributed by atoms with Crippen LogP contribution in [0.15, 0.2) is 28.6 Å². The molecule has 0 bridgehead atoms. The molecular weight excluding hydrogens is 352 g/mol. The fourth-order valence-electron chi connectivity index (χ4n) is 1.80. The largest absolute Gasteiger partial charge is 0.492 e. The molecule has 0 aliphatic carbocycles. The lowest BCUT2D eigenvalue weighted by Crippen LogP contribution is -2.36. The maximum Gasteiger partial charge on any atom is 0.270 e. The number of aromatic nitrogens is 2. The second-order valence-corrected chi connectivity index (χ2v) is 8.02. The Morgan fingerprint density at radius 3 is 2.71 bits per heavy atom. The van der Waals surface area contributed by atoms with Gasteiger partial charge in [-0.2, -0.15) is 0 Å². The first kappa shape index (κ1) is 18.3. The van der Waals surface area contributed by atoms with Gasteiger partial charge in [0, 0.05) is 6.92 Å². The maximum atomic E-state index is 12.2. The van der Waals surface area contributed by atoms with Crippen LogP contribution < -0.4 is 14.8 Å². The first-order chi connectivity index (χ1) is 11.3. The Labute approximate surface area is 144 Å². The van der Waals surface area contributed by atoms with Crippen LogP contribution in [-0.4, -0.2) is 37.2 Å². The number of benzene rings is 1. The lowest BCUT2D eigenvalue weighted by molar-refractivity contribution is -0.114. The van der Waals surface area contributed by atoms with E-state index < -0.39 is 16.1 Å². The van der Waals surface area contributed by atoms with Gasteiger partial charge in [-0.3, -0.25) is 4.79 Å². The second-order valence-electron chi connectivity index (χ2n) is 5.15. The van der Waals surface area contributed by atoms with Gasteiger partial charge >= 0.3 is 0 Å². The highest BCUT2D eigenvalue weighted by Gasteiger charge is 2.23. The van der Waals surface area contributed by atoms with Crippen LogP contribution in [0.1, 0.15) is 19.4 Å². The van der Waals surface area contributed by atoms with Crippen LogP contribution in [0.5, 0.6) is 5.75 Å². The average molecular weight is 370 g/mol. The van der Waals surface area contributed by atoms with Crippen LogP contribution in [0.25, 0.3) is 0 Å². The minimum Gasteiger partial charge on any atom is -0.492 e. The number of carbonyl (C=O) groups excluding carboxylic acids is 1. The number of nitrogens with one attached hydrogen (secondary N) is 2. The Hall–Kier alpha value is -2.04. The first-order valence-corrected chi connectivity index (χ1v) is 9.40. The fourth-order valence-corrected chi connectivity index (χ4v) is 3.99. The van der Waals surface area contributed by atoms with Gasteiger partial charge in [-0.15, -0.1) is 10.2 Å². The first-order valence-electron chi connectivity index (χ1n) is 7.10. The van der Waals surface area contributed by atoms with Crippen molar-refractivity contribution in [2.24, 2.45) is 0 Å². The van der Waals surface area contributed by atoms with Gasteiger partial charge in [-0.1, -0.05) is 29.5 Å². The van der Waals surface area contributed by atoms with Crippen molar-refractivity contribution in [1.82, 2.24) is 14.9 Å². The van der Waals surface area contributed by atoms with E-state index in [9.17, 15) is 13.2 Å². The molecule has 1 atom stereocenters. The Balaban J connectivity index is 1.97. The molecule has 0 aliphatic rings. The molecule has 130 valence electrons. The average Bonchev–Trinajstić information content (AvgIpc) is 2.94. The van der Waals surface area contributed by atoms with E-state index in [-0.39, 0.29) is 22.0 Å². The highest BCUT2D eigenvalue weighted by Crippen LogP contribution is 2.20. The SMILES string of the molecule is CC(=O)Nc1nnc(S(=O)(=O)NC(C)COc2ccccc2C)s1. The molecule has 2 N–H and O–H groups in total. The Morgan fingerprint density at radius 2 is 2.04 bits per heavy atom. The molecular formula is C14H18N4O4S2. The number of rotatable bonds is 7. The summed E-state index contributed by atoms with van der Waals surface area (Å²) < 4.78 is 32.4. The highest BCUT2D eigenvalue weighted by molar-refractivity contribution is 7.91. The molecule has 2 aromatic rings. The number of nitrogens with zero attached hydrogens (tertiary/aromatic N) is 2. The Bertz CT molecular complexity index is 820. The smallest absolute Gasteiger partial charge is 0.270 e. The molecule has 24 heavy (non-hydrogen) atoms. The van der Waals surface area contributed by atoms with Gasteiger partial charge in [-0.05, 0) is 25.5 Å². The third-order valence-electron chi connectivity index (χ3n) is 2.86. The third kappa shape index (κ3) is 4.98. The summed E-state index contributed by atoms with van der Waals surface area (Å²) in [6.45, 7) is 5.07. The number of amides is 1. The summed E-state index contributed by atoms with van der Waals surface area (Å²) in [6, 6.07) is 7.01. The lowest BCUT2D eigenvalue weighted by Gasteiger charge is -2.15. The molecule has 1 aromatic carbocycles. The number of aryl methyl sites for hydroxylation is 1. The molecule has 0 saturated heterocycles. The van der Waals surface area contributed by atoms with Gasteiger partial charge < -0.3 is 10.1 Å². The predicted octanol–water partition coefficient (Wildman–Crippen LogP) is 1.55. The number of para-hydroxylation sites is 1. The molecule has 8 nitrogen and oxygen atoms in total. The molecule has 0 spiro atoms. The van der Waals surface area contributed by atoms with E-state index in [2.05, 4.69) is 20.2 Å². The van der Waals surface area contributed by atoms with E-state index in [1.54, 1.807) is 6.92 Å². The predicted molar refractivity (Wildman–Crippen MR) is 90.7 cm³/mol. The number of carbonyl (C=O) groups is 1. The molecule has 10 heteroatoms. The van der Waals surface area contributed by atoms with Crippen molar-refractivity contribution in [1.29, 1.82) is 0 Å². The summed E-state index contributed by atoms with van der Waals surface area (Å²) >= 11 is 0.782. The second kappa shape index (κ2) is 7.69. The van der Waals surface area contributed by atoms with Crippen LogP contribution in [0.4, 0.5) is 5.13 Å². The molecule has 0 saturated carbocycles. The Morgan fingerprint density at radius 1 is 1.33 bits per heavy atom. The molecule has 0 aliphatic heterocycles. The lowest BCUT2D eigenvalue weighted by atomic mass is 10.2. The molecule has 0 radical (unpaired) electrons. The van der Waals surface area contributed by atoms with Crippen LogP contribution in [0.3, 0.4) is 0 Å². The summed E-state index contributed by atoms with van der Waals surface area (Å²) in [4.78, 5) is 10.9. The van der Waals surface area contributed by atoms with Crippen molar-refractivity contribution in [3.8, 4) is 5.75 Å². The van der Waals surface area contributed by atoms with E-state index >= 15 is 0 Å². The maximum absolute atomic E-state index is 12.2. The van der Waals surface area contributed by atoms with Gasteiger partial charge in [0.25, 0.3) is 10.0 Å². The zero-order valence-corrected chi connectivity index (χ0v) is 15.1. The highest BCUT2D eigenvalue weighted by atomic mass is 32.2. The molecule has 2 rings (SSSR count). The summed E-state index contributed by atoms with van der Waals surface area (Å²) in [5.41, 5.74) is 0.969. The van der Waals surface area contributed by atoms with Crippen molar-refractivity contribution in [3.63, 3.8) is 0 Å². The van der Waals surface area contributed by atoms with Gasteiger partial charge in [0.1, 0.15) is 12.4 Å². The van der Waals surface area contributed by atoms with Crippen molar-refractivity contribution >= 4 is 32.4 Å². The van der Waals surface area contributed by atoms with E-state index in [4.69, 9.17) is 4.74 Å². The summed E-state index contributed by atoms with van der Waals surface area (Å²) in [7, 11) is -3.83. The Kier molecular flexibility index (Phi) is 5.86. The van der Waals surface area contributed by atoms with Gasteiger partial charge in [-0.25, -0.2) is 13.1 Å². The van der Waals surface area contributed by atoms with Gasteiger partial charge in [0.2, 0.25) is 15.4 Å². The molecule has 1 unspecified atom stereocenters. The minimum absolute atomic E-state index is 0.131. The number of sulfonamides is 1. The number of hydrogen-bond acceptors (Lipinski definition) is 7. The van der Waals surface area contributed by atoms with E-state index in [0.29, 0.717) is 5.75 Å². The number of hydrogen-bond donors (Lipinski definition) is 2. The zero-order valence-electron chi connectivity index (χ0n) is 13.4. The van der Waals surface area contributed by atoms with Crippen molar-refractivity contribution in [2.75, 3.05) is 11.9 Å². The summed E-state index contributed by atoms with van der Waals surface area (Å²) in [5, 5.41) is 9.73. The van der Waals surface area contributed by atoms with Crippen molar-refractivity contribution in [2.45, 2.75) is 31.2 Å². The zero-order chi connectivity index (χ0) is 17.7. The third-order valence-corrected chi connectivity index (χ3v) is 5.65. The monoisotopic (exact) mass is 370 g/mol. The van der Waals surface area contributed by atoms with Crippen molar-refractivity contribution in [3.05, 3.63) is 29.8 Å². The molecule has 1 amide bonds. The topological polar surface area (TPSA) is 110 Å². The molecule has 0 fully saturated rings. The fraction of sp³-hybridized carbons (Fsp3) is 0.357. The van der Waals surface area contributed by atoms with E-state index in [1.807, 2.05) is 31.2 Å². The number of anilines is 1. The van der Waals surface area contributed by atoms with Gasteiger partial charge in [0.15, 0.2) is 0 Å². The van der Waals surface area contributed by atoms with Crippen molar-refractivity contribution < 1.29 is 17.9 Å². The summed E-state index contributed by atoms with van der Waals surface area (Å²) in [6.07, 6.45) is 0. The van der Waals surface area contributed by atoms with E-state index in [1.165, 1.54) is 6.92 Å². The van der Waals surface area contributed by atoms with E-state index in [0.717, 1.165) is 16.9 Å². The van der Waals surface area contributed by atoms with Crippen LogP contribution >= 0.6 is 11.3 Å². The summed E-state index contributed by atoms with van der Waals surface area (Å²) in [5.74, 6) is 0.357. The number of ether oxygens (including phenoxy) is 1. The normalized spacial score (nSPS) is 12.6. The quantitative estimate of drug-likeness (QED) is 0.716.